The van der Waals surface area contributed by atoms with Crippen molar-refractivity contribution >= 4 is 29.5 Å². The second-order valence-corrected chi connectivity index (χ2v) is 16.1. The molecule has 10 rings (SSSR count). The number of anilines is 2. The van der Waals surface area contributed by atoms with Crippen LogP contribution in [0.3, 0.4) is 0 Å². The van der Waals surface area contributed by atoms with E-state index in [9.17, 15) is 19.6 Å². The third-order valence-electron chi connectivity index (χ3n) is 12.1. The average Bonchev–Trinajstić information content (AvgIpc) is 3.36. The molecule has 0 fully saturated rings. The lowest BCUT2D eigenvalue weighted by Gasteiger charge is -2.32. The van der Waals surface area contributed by atoms with E-state index in [1.54, 1.807) is 0 Å². The Balaban J connectivity index is 0.000000162. The van der Waals surface area contributed by atoms with Gasteiger partial charge in [0, 0.05) is 29.5 Å². The molecule has 2 amide bonds. The van der Waals surface area contributed by atoms with Crippen molar-refractivity contribution < 1.29 is 14.4 Å². The standard InChI is InChI=1S/C29H22N2O.C29H23NO2/c30-19-25-15-16-26(24-9-5-2-6-10-24)29-27(25)17-18-28(32)31(29)20-21-11-13-23(14-12-21)22-7-3-1-4-8-22;31-20-25-15-16-26(24-9-5-2-6-10-24)29-27(25)17-18-28(32)30(29)19-21-11-13-23(14-12-21)22-7-3-1-4-8-22/h1-16H,17-18,20H2;1-16,20H,17-19H2. The molecule has 0 N–H and O–H groups in total. The zero-order valence-corrected chi connectivity index (χ0v) is 35.4. The van der Waals surface area contributed by atoms with Crippen molar-refractivity contribution in [2.24, 2.45) is 0 Å². The number of hydrogen-bond donors (Lipinski definition) is 0. The number of rotatable bonds is 9. The summed E-state index contributed by atoms with van der Waals surface area (Å²) in [5.74, 6) is 0.182. The summed E-state index contributed by atoms with van der Waals surface area (Å²) < 4.78 is 0. The maximum atomic E-state index is 13.1. The van der Waals surface area contributed by atoms with Gasteiger partial charge in [0.1, 0.15) is 6.29 Å². The molecule has 0 atom stereocenters. The Labute approximate surface area is 374 Å². The van der Waals surface area contributed by atoms with Gasteiger partial charge in [0.25, 0.3) is 0 Å². The lowest BCUT2D eigenvalue weighted by atomic mass is 9.90. The highest BCUT2D eigenvalue weighted by Gasteiger charge is 2.31. The highest BCUT2D eigenvalue weighted by molar-refractivity contribution is 6.04. The zero-order valence-electron chi connectivity index (χ0n) is 35.4. The number of carbonyl (C=O) groups is 3. The van der Waals surface area contributed by atoms with Gasteiger partial charge in [0.05, 0.1) is 36.1 Å². The van der Waals surface area contributed by atoms with Gasteiger partial charge in [-0.15, -0.1) is 0 Å². The van der Waals surface area contributed by atoms with Crippen LogP contribution in [0.5, 0.6) is 0 Å². The number of hydrogen-bond acceptors (Lipinski definition) is 4. The molecule has 0 aliphatic carbocycles. The Morgan fingerprint density at radius 1 is 0.422 bits per heavy atom. The van der Waals surface area contributed by atoms with E-state index in [4.69, 9.17) is 0 Å². The predicted octanol–water partition coefficient (Wildman–Crippen LogP) is 12.7. The van der Waals surface area contributed by atoms with Crippen LogP contribution in [-0.4, -0.2) is 18.1 Å². The minimum absolute atomic E-state index is 0.0878. The Hall–Kier alpha value is -8.14. The number of fused-ring (bicyclic) bond motifs is 2. The van der Waals surface area contributed by atoms with Crippen molar-refractivity contribution in [2.75, 3.05) is 9.80 Å². The van der Waals surface area contributed by atoms with Gasteiger partial charge < -0.3 is 9.80 Å². The third-order valence-corrected chi connectivity index (χ3v) is 12.1. The molecule has 0 bridgehead atoms. The SMILES string of the molecule is N#Cc1ccc(-c2ccccc2)c2c1CCC(=O)N2Cc1ccc(-c2ccccc2)cc1.O=Cc1ccc(-c2ccccc2)c2c1CCC(=O)N2Cc1ccc(-c2ccccc2)cc1. The first kappa shape index (κ1) is 41.2. The van der Waals surface area contributed by atoms with Crippen LogP contribution in [-0.2, 0) is 35.5 Å². The molecule has 6 nitrogen and oxygen atoms in total. The van der Waals surface area contributed by atoms with E-state index in [-0.39, 0.29) is 11.8 Å². The molecular weight excluding hydrogens is 787 g/mol. The maximum Gasteiger partial charge on any atom is 0.227 e. The van der Waals surface area contributed by atoms with Crippen molar-refractivity contribution in [1.82, 2.24) is 0 Å². The minimum atomic E-state index is 0.0878. The summed E-state index contributed by atoms with van der Waals surface area (Å²) in [6.07, 6.45) is 2.92. The highest BCUT2D eigenvalue weighted by Crippen LogP contribution is 2.42. The van der Waals surface area contributed by atoms with Crippen LogP contribution in [0.2, 0.25) is 0 Å². The van der Waals surface area contributed by atoms with Crippen molar-refractivity contribution in [1.29, 1.82) is 5.26 Å². The van der Waals surface area contributed by atoms with Crippen LogP contribution in [0.1, 0.15) is 51.0 Å². The van der Waals surface area contributed by atoms with Crippen LogP contribution >= 0.6 is 0 Å². The van der Waals surface area contributed by atoms with Crippen molar-refractivity contribution in [3.63, 3.8) is 0 Å². The molecule has 2 aliphatic heterocycles. The van der Waals surface area contributed by atoms with Gasteiger partial charge in [-0.05, 0) is 74.5 Å². The quantitative estimate of drug-likeness (QED) is 0.136. The molecule has 0 spiro atoms. The summed E-state index contributed by atoms with van der Waals surface area (Å²) in [6.45, 7) is 0.957. The van der Waals surface area contributed by atoms with E-state index in [1.165, 1.54) is 11.1 Å². The fourth-order valence-electron chi connectivity index (χ4n) is 8.89. The molecule has 8 aromatic carbocycles. The number of amides is 2. The van der Waals surface area contributed by atoms with Gasteiger partial charge in [-0.25, -0.2) is 0 Å². The molecule has 0 radical (unpaired) electrons. The number of aldehydes is 1. The summed E-state index contributed by atoms with van der Waals surface area (Å²) in [6, 6.07) is 67.4. The normalized spacial score (nSPS) is 12.9. The molecule has 0 saturated heterocycles. The van der Waals surface area contributed by atoms with Crippen molar-refractivity contribution in [2.45, 2.75) is 38.8 Å². The fourth-order valence-corrected chi connectivity index (χ4v) is 8.89. The van der Waals surface area contributed by atoms with Crippen LogP contribution < -0.4 is 9.80 Å². The molecular formula is C58H45N3O3. The number of carbonyl (C=O) groups excluding carboxylic acids is 3. The topological polar surface area (TPSA) is 81.5 Å². The molecule has 0 unspecified atom stereocenters. The molecule has 6 heteroatoms. The van der Waals surface area contributed by atoms with Gasteiger partial charge in [-0.2, -0.15) is 5.26 Å². The van der Waals surface area contributed by atoms with E-state index in [0.29, 0.717) is 49.9 Å². The minimum Gasteiger partial charge on any atom is -0.307 e. The Bertz CT molecular complexity index is 2980. The van der Waals surface area contributed by atoms with Gasteiger partial charge in [0.2, 0.25) is 11.8 Å². The summed E-state index contributed by atoms with van der Waals surface area (Å²) in [7, 11) is 0. The molecule has 310 valence electrons. The average molecular weight is 832 g/mol. The van der Waals surface area contributed by atoms with E-state index in [1.807, 2.05) is 131 Å². The van der Waals surface area contributed by atoms with E-state index in [2.05, 4.69) is 78.9 Å². The third kappa shape index (κ3) is 8.66. The van der Waals surface area contributed by atoms with E-state index < -0.39 is 0 Å². The first-order valence-electron chi connectivity index (χ1n) is 21.7. The van der Waals surface area contributed by atoms with Gasteiger partial charge >= 0.3 is 0 Å². The highest BCUT2D eigenvalue weighted by atomic mass is 16.2. The molecule has 0 aromatic heterocycles. The van der Waals surface area contributed by atoms with Gasteiger partial charge in [-0.1, -0.05) is 188 Å². The second kappa shape index (κ2) is 18.9. The second-order valence-electron chi connectivity index (χ2n) is 16.1. The molecule has 0 saturated carbocycles. The lowest BCUT2D eigenvalue weighted by molar-refractivity contribution is -0.119. The van der Waals surface area contributed by atoms with E-state index in [0.717, 1.165) is 73.3 Å². The zero-order chi connectivity index (χ0) is 43.8. The molecule has 8 aromatic rings. The number of benzene rings is 8. The Morgan fingerprint density at radius 2 is 0.797 bits per heavy atom. The summed E-state index contributed by atoms with van der Waals surface area (Å²) >= 11 is 0. The maximum absolute atomic E-state index is 13.1. The van der Waals surface area contributed by atoms with Crippen LogP contribution in [0.4, 0.5) is 11.4 Å². The predicted molar refractivity (Wildman–Crippen MR) is 257 cm³/mol. The summed E-state index contributed by atoms with van der Waals surface area (Å²) in [5.41, 5.74) is 15.8. The number of nitrogens with zero attached hydrogens (tertiary/aromatic N) is 3. The van der Waals surface area contributed by atoms with Crippen molar-refractivity contribution in [3.8, 4) is 50.6 Å². The molecule has 64 heavy (non-hydrogen) atoms. The fraction of sp³-hybridized carbons (Fsp3) is 0.103. The first-order chi connectivity index (χ1) is 31.5. The molecule has 2 heterocycles. The Kier molecular flexibility index (Phi) is 12.1. The first-order valence-corrected chi connectivity index (χ1v) is 21.7. The van der Waals surface area contributed by atoms with Crippen molar-refractivity contribution in [3.05, 3.63) is 228 Å². The smallest absolute Gasteiger partial charge is 0.227 e. The van der Waals surface area contributed by atoms with E-state index >= 15 is 0 Å². The lowest BCUT2D eigenvalue weighted by Crippen LogP contribution is -2.35. The molecule has 2 aliphatic rings. The summed E-state index contributed by atoms with van der Waals surface area (Å²) in [4.78, 5) is 41.6. The monoisotopic (exact) mass is 831 g/mol. The number of nitriles is 1. The van der Waals surface area contributed by atoms with Crippen LogP contribution in [0.25, 0.3) is 44.5 Å². The Morgan fingerprint density at radius 3 is 1.22 bits per heavy atom. The van der Waals surface area contributed by atoms with Crippen LogP contribution in [0, 0.1) is 11.3 Å². The summed E-state index contributed by atoms with van der Waals surface area (Å²) in [5, 5.41) is 9.68. The van der Waals surface area contributed by atoms with Gasteiger partial charge in [0.15, 0.2) is 0 Å². The van der Waals surface area contributed by atoms with Gasteiger partial charge in [-0.3, -0.25) is 14.4 Å². The van der Waals surface area contributed by atoms with Crippen LogP contribution in [0.15, 0.2) is 194 Å². The largest absolute Gasteiger partial charge is 0.307 e.